The van der Waals surface area contributed by atoms with Crippen molar-refractivity contribution >= 4 is 19.0 Å². The molecule has 2 aromatic carbocycles. The van der Waals surface area contributed by atoms with Gasteiger partial charge in [0.2, 0.25) is 0 Å². The fraction of sp³-hybridized carbons (Fsp3) is 0.286. The molecule has 0 amide bonds. The first-order valence-electron chi connectivity index (χ1n) is 8.09. The minimum Gasteiger partial charge on any atom is -0.293 e. The zero-order valence-corrected chi connectivity index (χ0v) is 15.6. The number of Topliss-reactive ketones (excluding diaryl/α,β-unsaturated/α-hetero) is 1. The zero-order valence-electron chi connectivity index (χ0n) is 14.6. The average molecular weight is 323 g/mol. The van der Waals surface area contributed by atoms with Crippen LogP contribution in [0.2, 0.25) is 19.1 Å². The van der Waals surface area contributed by atoms with Crippen LogP contribution in [-0.2, 0) is 0 Å². The first-order chi connectivity index (χ1) is 10.8. The predicted octanol–water partition coefficient (Wildman–Crippen LogP) is 5.07. The molecule has 0 aliphatic heterocycles. The molecule has 0 N–H and O–H groups in total. The van der Waals surface area contributed by atoms with Crippen LogP contribution in [-0.4, -0.2) is 13.9 Å². The molecule has 2 heteroatoms. The SMILES string of the molecule is C=C(C)C(C)(C[Si](C)(C)c1ccccc1)C(=O)c1ccccc1. The van der Waals surface area contributed by atoms with Gasteiger partial charge in [-0.15, -0.1) is 0 Å². The Morgan fingerprint density at radius 1 is 1.00 bits per heavy atom. The molecule has 2 rings (SSSR count). The number of allylic oxidation sites excluding steroid dienone is 1. The third-order valence-corrected chi connectivity index (χ3v) is 8.32. The molecule has 0 radical (unpaired) electrons. The van der Waals surface area contributed by atoms with Gasteiger partial charge in [-0.25, -0.2) is 0 Å². The van der Waals surface area contributed by atoms with E-state index in [1.807, 2.05) is 43.3 Å². The van der Waals surface area contributed by atoms with Gasteiger partial charge in [-0.2, -0.15) is 0 Å². The molecule has 0 aliphatic carbocycles. The Morgan fingerprint density at radius 2 is 1.48 bits per heavy atom. The van der Waals surface area contributed by atoms with Crippen molar-refractivity contribution in [2.24, 2.45) is 5.41 Å². The lowest BCUT2D eigenvalue weighted by atomic mass is 9.78. The Balaban J connectivity index is 2.38. The van der Waals surface area contributed by atoms with Gasteiger partial charge in [0.05, 0.1) is 8.07 Å². The monoisotopic (exact) mass is 322 g/mol. The van der Waals surface area contributed by atoms with Crippen molar-refractivity contribution < 1.29 is 4.79 Å². The second kappa shape index (κ2) is 6.67. The highest BCUT2D eigenvalue weighted by atomic mass is 28.3. The summed E-state index contributed by atoms with van der Waals surface area (Å²) in [5, 5.41) is 1.38. The lowest BCUT2D eigenvalue weighted by Crippen LogP contribution is -2.47. The van der Waals surface area contributed by atoms with Gasteiger partial charge in [0.25, 0.3) is 0 Å². The number of hydrogen-bond acceptors (Lipinski definition) is 1. The standard InChI is InChI=1S/C21H26OSi/c1-17(2)21(3,20(22)18-12-8-6-9-13-18)16-23(4,5)19-14-10-7-11-15-19/h6-15H,1,16H2,2-5H3. The maximum Gasteiger partial charge on any atom is 0.172 e. The number of carbonyl (C=O) groups excluding carboxylic acids is 1. The van der Waals surface area contributed by atoms with Crippen LogP contribution in [0.25, 0.3) is 0 Å². The van der Waals surface area contributed by atoms with E-state index in [0.29, 0.717) is 0 Å². The highest BCUT2D eigenvalue weighted by Gasteiger charge is 2.41. The number of hydrogen-bond donors (Lipinski definition) is 0. The summed E-state index contributed by atoms with van der Waals surface area (Å²) in [7, 11) is -1.75. The Kier molecular flexibility index (Phi) is 5.05. The molecule has 0 aromatic heterocycles. The number of benzene rings is 2. The van der Waals surface area contributed by atoms with Gasteiger partial charge in [-0.05, 0) is 19.9 Å². The molecule has 23 heavy (non-hydrogen) atoms. The second-order valence-electron chi connectivity index (χ2n) is 7.23. The highest BCUT2D eigenvalue weighted by Crippen LogP contribution is 2.38. The quantitative estimate of drug-likeness (QED) is 0.412. The maximum absolute atomic E-state index is 13.2. The molecule has 0 saturated carbocycles. The molecule has 0 fully saturated rings. The number of carbonyl (C=O) groups is 1. The van der Waals surface area contributed by atoms with Crippen LogP contribution in [0.1, 0.15) is 24.2 Å². The average Bonchev–Trinajstić information content (AvgIpc) is 2.55. The van der Waals surface area contributed by atoms with Gasteiger partial charge in [0, 0.05) is 11.0 Å². The minimum absolute atomic E-state index is 0.183. The third-order valence-electron chi connectivity index (χ3n) is 4.83. The van der Waals surface area contributed by atoms with Gasteiger partial charge in [-0.3, -0.25) is 4.79 Å². The minimum atomic E-state index is -1.75. The first-order valence-corrected chi connectivity index (χ1v) is 11.3. The Morgan fingerprint density at radius 3 is 1.96 bits per heavy atom. The van der Waals surface area contributed by atoms with Crippen molar-refractivity contribution in [2.75, 3.05) is 0 Å². The normalized spacial score (nSPS) is 14.1. The summed E-state index contributed by atoms with van der Waals surface area (Å²) in [5.74, 6) is 0.183. The van der Waals surface area contributed by atoms with E-state index in [9.17, 15) is 4.79 Å². The van der Waals surface area contributed by atoms with E-state index in [1.165, 1.54) is 5.19 Å². The third kappa shape index (κ3) is 3.70. The van der Waals surface area contributed by atoms with Crippen LogP contribution in [0.5, 0.6) is 0 Å². The number of rotatable bonds is 6. The van der Waals surface area contributed by atoms with E-state index in [0.717, 1.165) is 17.2 Å². The zero-order chi connectivity index (χ0) is 17.1. The van der Waals surface area contributed by atoms with Crippen LogP contribution in [0.3, 0.4) is 0 Å². The van der Waals surface area contributed by atoms with Crippen LogP contribution < -0.4 is 5.19 Å². The summed E-state index contributed by atoms with van der Waals surface area (Å²) in [6.07, 6.45) is 0. The van der Waals surface area contributed by atoms with E-state index in [-0.39, 0.29) is 5.78 Å². The van der Waals surface area contributed by atoms with E-state index >= 15 is 0 Å². The molecule has 0 saturated heterocycles. The summed E-state index contributed by atoms with van der Waals surface area (Å²) in [6, 6.07) is 21.1. The molecule has 0 aliphatic rings. The number of ketones is 1. The van der Waals surface area contributed by atoms with E-state index in [4.69, 9.17) is 0 Å². The summed E-state index contributed by atoms with van der Waals surface area (Å²) < 4.78 is 0. The van der Waals surface area contributed by atoms with Crippen LogP contribution in [0, 0.1) is 5.41 Å². The van der Waals surface area contributed by atoms with Crippen molar-refractivity contribution in [2.45, 2.75) is 33.0 Å². The summed E-state index contributed by atoms with van der Waals surface area (Å²) in [6.45, 7) is 12.9. The summed E-state index contributed by atoms with van der Waals surface area (Å²) >= 11 is 0. The highest BCUT2D eigenvalue weighted by molar-refractivity contribution is 6.90. The van der Waals surface area contributed by atoms with Crippen molar-refractivity contribution in [3.05, 3.63) is 78.4 Å². The smallest absolute Gasteiger partial charge is 0.172 e. The van der Waals surface area contributed by atoms with E-state index in [2.05, 4.69) is 50.9 Å². The lowest BCUT2D eigenvalue weighted by Gasteiger charge is -2.36. The second-order valence-corrected chi connectivity index (χ2v) is 11.9. The topological polar surface area (TPSA) is 17.1 Å². The van der Waals surface area contributed by atoms with Crippen LogP contribution in [0.15, 0.2) is 72.8 Å². The van der Waals surface area contributed by atoms with Crippen molar-refractivity contribution in [3.8, 4) is 0 Å². The van der Waals surface area contributed by atoms with Crippen LogP contribution in [0.4, 0.5) is 0 Å². The van der Waals surface area contributed by atoms with E-state index in [1.54, 1.807) is 0 Å². The molecule has 2 aromatic rings. The van der Waals surface area contributed by atoms with E-state index < -0.39 is 13.5 Å². The van der Waals surface area contributed by atoms with Gasteiger partial charge < -0.3 is 0 Å². The van der Waals surface area contributed by atoms with Crippen LogP contribution >= 0.6 is 0 Å². The molecule has 0 heterocycles. The predicted molar refractivity (Wildman–Crippen MR) is 102 cm³/mol. The summed E-state index contributed by atoms with van der Waals surface area (Å²) in [4.78, 5) is 13.2. The van der Waals surface area contributed by atoms with Gasteiger partial charge in [0.15, 0.2) is 5.78 Å². The summed E-state index contributed by atoms with van der Waals surface area (Å²) in [5.41, 5.74) is 1.20. The molecule has 1 unspecified atom stereocenters. The van der Waals surface area contributed by atoms with Crippen molar-refractivity contribution in [1.82, 2.24) is 0 Å². The fourth-order valence-corrected chi connectivity index (χ4v) is 6.74. The molecule has 1 atom stereocenters. The fourth-order valence-electron chi connectivity index (χ4n) is 3.21. The Hall–Kier alpha value is -1.93. The Labute approximate surface area is 141 Å². The first kappa shape index (κ1) is 17.4. The molecular formula is C21H26OSi. The van der Waals surface area contributed by atoms with Gasteiger partial charge in [-0.1, -0.05) is 91.1 Å². The van der Waals surface area contributed by atoms with Crippen molar-refractivity contribution in [3.63, 3.8) is 0 Å². The molecule has 0 bridgehead atoms. The molecular weight excluding hydrogens is 296 g/mol. The molecule has 120 valence electrons. The molecule has 0 spiro atoms. The largest absolute Gasteiger partial charge is 0.293 e. The van der Waals surface area contributed by atoms with Crippen molar-refractivity contribution in [1.29, 1.82) is 0 Å². The van der Waals surface area contributed by atoms with Gasteiger partial charge in [0.1, 0.15) is 0 Å². The maximum atomic E-state index is 13.2. The van der Waals surface area contributed by atoms with Gasteiger partial charge >= 0.3 is 0 Å². The molecule has 1 nitrogen and oxygen atoms in total. The lowest BCUT2D eigenvalue weighted by molar-refractivity contribution is 0.0875. The Bertz CT molecular complexity index is 688.